The Hall–Kier alpha value is -3.80. The summed E-state index contributed by atoms with van der Waals surface area (Å²) in [5, 5.41) is 8.33. The summed E-state index contributed by atoms with van der Waals surface area (Å²) in [5.41, 5.74) is 2.69. The first kappa shape index (κ1) is 19.0. The number of carbonyl (C=O) groups is 2. The van der Waals surface area contributed by atoms with Gasteiger partial charge in [-0.1, -0.05) is 36.4 Å². The van der Waals surface area contributed by atoms with Crippen LogP contribution >= 0.6 is 0 Å². The van der Waals surface area contributed by atoms with Crippen LogP contribution in [0.25, 0.3) is 0 Å². The number of anilines is 2. The predicted octanol–water partition coefficient (Wildman–Crippen LogP) is 4.27. The van der Waals surface area contributed by atoms with E-state index in [0.717, 1.165) is 11.3 Å². The van der Waals surface area contributed by atoms with E-state index in [2.05, 4.69) is 16.0 Å². The van der Waals surface area contributed by atoms with Gasteiger partial charge in [0.25, 0.3) is 5.91 Å². The van der Waals surface area contributed by atoms with E-state index < -0.39 is 0 Å². The molecule has 0 aromatic heterocycles. The molecule has 0 unspecified atom stereocenters. The van der Waals surface area contributed by atoms with Crippen molar-refractivity contribution in [3.8, 4) is 5.75 Å². The molecule has 3 aromatic carbocycles. The molecule has 3 amide bonds. The Morgan fingerprint density at radius 1 is 0.786 bits per heavy atom. The Morgan fingerprint density at radius 3 is 2.07 bits per heavy atom. The highest BCUT2D eigenvalue weighted by molar-refractivity contribution is 6.00. The molecule has 0 saturated carbocycles. The lowest BCUT2D eigenvalue weighted by atomic mass is 10.1. The van der Waals surface area contributed by atoms with Crippen LogP contribution in [0.4, 0.5) is 16.2 Å². The summed E-state index contributed by atoms with van der Waals surface area (Å²) < 4.78 is 5.28. The number of nitrogens with one attached hydrogen (secondary N) is 3. The highest BCUT2D eigenvalue weighted by atomic mass is 16.5. The van der Waals surface area contributed by atoms with E-state index >= 15 is 0 Å². The Labute approximate surface area is 163 Å². The summed E-state index contributed by atoms with van der Waals surface area (Å²) in [6.45, 7) is 0.363. The van der Waals surface area contributed by atoms with Gasteiger partial charge in [-0.15, -0.1) is 0 Å². The van der Waals surface area contributed by atoms with Crippen LogP contribution < -0.4 is 20.7 Å². The number of carbonyl (C=O) groups excluding carboxylic acids is 2. The fourth-order valence-electron chi connectivity index (χ4n) is 2.65. The van der Waals surface area contributed by atoms with Crippen molar-refractivity contribution in [3.05, 3.63) is 90.0 Å². The zero-order valence-electron chi connectivity index (χ0n) is 15.4. The zero-order valence-corrected chi connectivity index (χ0v) is 15.4. The van der Waals surface area contributed by atoms with Gasteiger partial charge < -0.3 is 20.7 Å². The minimum absolute atomic E-state index is 0.203. The third-order valence-electron chi connectivity index (χ3n) is 4.07. The maximum Gasteiger partial charge on any atom is 0.323 e. The third-order valence-corrected chi connectivity index (χ3v) is 4.07. The van der Waals surface area contributed by atoms with Gasteiger partial charge >= 0.3 is 6.03 Å². The zero-order chi connectivity index (χ0) is 19.8. The number of methoxy groups -OCH3 is 1. The van der Waals surface area contributed by atoms with E-state index in [1.165, 1.54) is 0 Å². The van der Waals surface area contributed by atoms with Crippen LogP contribution in [-0.2, 0) is 6.54 Å². The summed E-state index contributed by atoms with van der Waals surface area (Å²) in [6, 6.07) is 23.0. The molecule has 0 atom stereocenters. The SMILES string of the molecule is COc1ccccc1CNC(=O)c1ccc(NC(=O)Nc2ccccc2)cc1. The standard InChI is InChI=1S/C22H21N3O3/c1-28-20-10-6-5-7-17(20)15-23-21(26)16-11-13-19(14-12-16)25-22(27)24-18-8-3-2-4-9-18/h2-14H,15H2,1H3,(H,23,26)(H2,24,25,27). The number of urea groups is 1. The monoisotopic (exact) mass is 375 g/mol. The molecule has 142 valence electrons. The maximum atomic E-state index is 12.3. The number of rotatable bonds is 6. The molecule has 3 aromatic rings. The number of hydrogen-bond acceptors (Lipinski definition) is 3. The van der Waals surface area contributed by atoms with Crippen molar-refractivity contribution in [1.29, 1.82) is 0 Å². The first-order valence-electron chi connectivity index (χ1n) is 8.79. The van der Waals surface area contributed by atoms with Crippen LogP contribution in [-0.4, -0.2) is 19.0 Å². The molecule has 0 bridgehead atoms. The van der Waals surface area contributed by atoms with E-state index in [0.29, 0.717) is 23.5 Å². The molecule has 3 rings (SSSR count). The maximum absolute atomic E-state index is 12.3. The third kappa shape index (κ3) is 5.11. The quantitative estimate of drug-likeness (QED) is 0.602. The molecular formula is C22H21N3O3. The van der Waals surface area contributed by atoms with Gasteiger partial charge in [-0.25, -0.2) is 4.79 Å². The molecule has 0 spiro atoms. The second kappa shape index (κ2) is 9.23. The lowest BCUT2D eigenvalue weighted by Gasteiger charge is -2.10. The Morgan fingerprint density at radius 2 is 1.39 bits per heavy atom. The second-order valence-corrected chi connectivity index (χ2v) is 6.02. The second-order valence-electron chi connectivity index (χ2n) is 6.02. The molecule has 0 aliphatic rings. The molecular weight excluding hydrogens is 354 g/mol. The number of benzene rings is 3. The van der Waals surface area contributed by atoms with Crippen molar-refractivity contribution in [2.75, 3.05) is 17.7 Å². The van der Waals surface area contributed by atoms with E-state index in [1.54, 1.807) is 43.5 Å². The number of hydrogen-bond donors (Lipinski definition) is 3. The smallest absolute Gasteiger partial charge is 0.323 e. The van der Waals surface area contributed by atoms with Crippen molar-refractivity contribution in [2.24, 2.45) is 0 Å². The molecule has 0 aliphatic carbocycles. The van der Waals surface area contributed by atoms with Gasteiger partial charge in [0, 0.05) is 29.0 Å². The van der Waals surface area contributed by atoms with Gasteiger partial charge in [0.2, 0.25) is 0 Å². The van der Waals surface area contributed by atoms with Gasteiger partial charge in [0.05, 0.1) is 7.11 Å². The molecule has 6 heteroatoms. The van der Waals surface area contributed by atoms with Crippen molar-refractivity contribution in [1.82, 2.24) is 5.32 Å². The first-order valence-corrected chi connectivity index (χ1v) is 8.79. The summed E-state index contributed by atoms with van der Waals surface area (Å²) in [6.07, 6.45) is 0. The first-order chi connectivity index (χ1) is 13.7. The lowest BCUT2D eigenvalue weighted by Crippen LogP contribution is -2.23. The minimum Gasteiger partial charge on any atom is -0.496 e. The molecule has 0 fully saturated rings. The summed E-state index contributed by atoms with van der Waals surface area (Å²) >= 11 is 0. The van der Waals surface area contributed by atoms with Crippen molar-refractivity contribution in [3.63, 3.8) is 0 Å². The van der Waals surface area contributed by atoms with Gasteiger partial charge in [-0.3, -0.25) is 4.79 Å². The molecule has 28 heavy (non-hydrogen) atoms. The molecule has 6 nitrogen and oxygen atoms in total. The van der Waals surface area contributed by atoms with Crippen LogP contribution in [0.1, 0.15) is 15.9 Å². The summed E-state index contributed by atoms with van der Waals surface area (Å²) in [5.74, 6) is 0.526. The normalized spacial score (nSPS) is 10.0. The van der Waals surface area contributed by atoms with Crippen LogP contribution in [0.5, 0.6) is 5.75 Å². The van der Waals surface area contributed by atoms with E-state index in [9.17, 15) is 9.59 Å². The van der Waals surface area contributed by atoms with Crippen LogP contribution in [0, 0.1) is 0 Å². The molecule has 0 saturated heterocycles. The molecule has 0 radical (unpaired) electrons. The number of para-hydroxylation sites is 2. The lowest BCUT2D eigenvalue weighted by molar-refractivity contribution is 0.0950. The van der Waals surface area contributed by atoms with E-state index in [1.807, 2.05) is 42.5 Å². The van der Waals surface area contributed by atoms with Crippen LogP contribution in [0.3, 0.4) is 0 Å². The number of amides is 3. The minimum atomic E-state index is -0.348. The van der Waals surface area contributed by atoms with E-state index in [-0.39, 0.29) is 11.9 Å². The fraction of sp³-hybridized carbons (Fsp3) is 0.0909. The largest absolute Gasteiger partial charge is 0.496 e. The number of ether oxygens (including phenoxy) is 1. The molecule has 0 aliphatic heterocycles. The summed E-state index contributed by atoms with van der Waals surface area (Å²) in [4.78, 5) is 24.3. The predicted molar refractivity (Wildman–Crippen MR) is 110 cm³/mol. The Kier molecular flexibility index (Phi) is 6.25. The van der Waals surface area contributed by atoms with Crippen LogP contribution in [0.2, 0.25) is 0 Å². The van der Waals surface area contributed by atoms with E-state index in [4.69, 9.17) is 4.74 Å². The Bertz CT molecular complexity index is 941. The Balaban J connectivity index is 1.54. The van der Waals surface area contributed by atoms with Gasteiger partial charge in [0.15, 0.2) is 0 Å². The highest BCUT2D eigenvalue weighted by Crippen LogP contribution is 2.17. The van der Waals surface area contributed by atoms with Gasteiger partial charge in [-0.2, -0.15) is 0 Å². The topological polar surface area (TPSA) is 79.5 Å². The van der Waals surface area contributed by atoms with Gasteiger partial charge in [0.1, 0.15) is 5.75 Å². The van der Waals surface area contributed by atoms with Crippen molar-refractivity contribution in [2.45, 2.75) is 6.54 Å². The average molecular weight is 375 g/mol. The highest BCUT2D eigenvalue weighted by Gasteiger charge is 2.08. The average Bonchev–Trinajstić information content (AvgIpc) is 2.73. The van der Waals surface area contributed by atoms with Crippen molar-refractivity contribution < 1.29 is 14.3 Å². The molecule has 3 N–H and O–H groups in total. The summed E-state index contributed by atoms with van der Waals surface area (Å²) in [7, 11) is 1.60. The van der Waals surface area contributed by atoms with Gasteiger partial charge in [-0.05, 0) is 42.5 Å². The fourth-order valence-corrected chi connectivity index (χ4v) is 2.65. The van der Waals surface area contributed by atoms with Crippen LogP contribution in [0.15, 0.2) is 78.9 Å². The van der Waals surface area contributed by atoms with Crippen molar-refractivity contribution >= 4 is 23.3 Å². The molecule has 0 heterocycles.